The second-order valence-electron chi connectivity index (χ2n) is 6.68. The molecule has 2 aromatic carbocycles. The number of carbonyl (C=O) groups excluding carboxylic acids is 1. The van der Waals surface area contributed by atoms with Gasteiger partial charge in [0, 0.05) is 17.3 Å². The van der Waals surface area contributed by atoms with Crippen LogP contribution in [-0.2, 0) is 16.0 Å². The Kier molecular flexibility index (Phi) is 8.62. The van der Waals surface area contributed by atoms with Crippen LogP contribution >= 0.6 is 0 Å². The second kappa shape index (κ2) is 11.2. The van der Waals surface area contributed by atoms with Gasteiger partial charge in [0.25, 0.3) is 0 Å². The topological polar surface area (TPSA) is 62.1 Å². The molecule has 1 heterocycles. The Balaban J connectivity index is 0.00000166. The van der Waals surface area contributed by atoms with Crippen LogP contribution in [0.4, 0.5) is 0 Å². The number of hydrogen-bond acceptors (Lipinski definition) is 5. The number of aliphatic hydroxyl groups excluding tert-OH is 1. The summed E-state index contributed by atoms with van der Waals surface area (Å²) in [6, 6.07) is 14.1. The lowest BCUT2D eigenvalue weighted by Crippen LogP contribution is -2.29. The molecule has 31 heavy (non-hydrogen) atoms. The molecule has 0 atom stereocenters. The number of esters is 1. The molecule has 0 unspecified atom stereocenters. The van der Waals surface area contributed by atoms with E-state index in [0.29, 0.717) is 5.56 Å². The van der Waals surface area contributed by atoms with Crippen molar-refractivity contribution >= 4 is 23.6 Å². The summed E-state index contributed by atoms with van der Waals surface area (Å²) in [5.74, 6) is -0.762. The molecule has 0 bridgehead atoms. The van der Waals surface area contributed by atoms with E-state index in [2.05, 4.69) is 24.2 Å². The SMILES string of the molecule is C/C=N\N1C(C(=O)OC)=C(O)c2ccc(-c3ccccc3)c(CCC)c2/C1=C\C.CC. The Morgan fingerprint density at radius 1 is 1.10 bits per heavy atom. The first-order valence-corrected chi connectivity index (χ1v) is 10.8. The van der Waals surface area contributed by atoms with Crippen LogP contribution in [0.2, 0.25) is 0 Å². The highest BCUT2D eigenvalue weighted by atomic mass is 16.5. The van der Waals surface area contributed by atoms with Gasteiger partial charge in [-0.15, -0.1) is 0 Å². The molecule has 0 saturated carbocycles. The van der Waals surface area contributed by atoms with Crippen molar-refractivity contribution in [3.63, 3.8) is 0 Å². The van der Waals surface area contributed by atoms with Crippen molar-refractivity contribution < 1.29 is 14.6 Å². The van der Waals surface area contributed by atoms with Crippen molar-refractivity contribution in [1.29, 1.82) is 0 Å². The first-order valence-electron chi connectivity index (χ1n) is 10.8. The van der Waals surface area contributed by atoms with Crippen molar-refractivity contribution in [2.24, 2.45) is 5.10 Å². The third-order valence-electron chi connectivity index (χ3n) is 4.96. The number of hydrogen-bond donors (Lipinski definition) is 1. The molecule has 5 heteroatoms. The predicted octanol–water partition coefficient (Wildman–Crippen LogP) is 6.41. The highest BCUT2D eigenvalue weighted by Gasteiger charge is 2.35. The van der Waals surface area contributed by atoms with E-state index >= 15 is 0 Å². The average Bonchev–Trinajstić information content (AvgIpc) is 2.81. The summed E-state index contributed by atoms with van der Waals surface area (Å²) in [5.41, 5.74) is 5.62. The second-order valence-corrected chi connectivity index (χ2v) is 6.68. The predicted molar refractivity (Wildman–Crippen MR) is 128 cm³/mol. The molecule has 2 aromatic rings. The molecule has 1 N–H and O–H groups in total. The molecule has 0 aliphatic carbocycles. The van der Waals surface area contributed by atoms with Crippen LogP contribution in [0.3, 0.4) is 0 Å². The van der Waals surface area contributed by atoms with E-state index in [0.717, 1.165) is 40.8 Å². The minimum absolute atomic E-state index is 0.0149. The maximum Gasteiger partial charge on any atom is 0.360 e. The van der Waals surface area contributed by atoms with E-state index < -0.39 is 5.97 Å². The Bertz CT molecular complexity index is 1000. The lowest BCUT2D eigenvalue weighted by molar-refractivity contribution is -0.137. The van der Waals surface area contributed by atoms with Gasteiger partial charge in [0.1, 0.15) is 0 Å². The van der Waals surface area contributed by atoms with Crippen LogP contribution < -0.4 is 0 Å². The Hall–Kier alpha value is -3.34. The van der Waals surface area contributed by atoms with Gasteiger partial charge < -0.3 is 9.84 Å². The minimum atomic E-state index is -0.637. The summed E-state index contributed by atoms with van der Waals surface area (Å²) in [4.78, 5) is 12.4. The molecule has 0 saturated heterocycles. The largest absolute Gasteiger partial charge is 0.505 e. The summed E-state index contributed by atoms with van der Waals surface area (Å²) in [7, 11) is 1.29. The number of hydrazone groups is 1. The molecule has 1 aliphatic rings. The number of aliphatic hydroxyl groups is 1. The number of ether oxygens (including phenoxy) is 1. The molecule has 0 aromatic heterocycles. The first kappa shape index (κ1) is 23.9. The highest BCUT2D eigenvalue weighted by molar-refractivity contribution is 6.02. The molecule has 0 amide bonds. The van der Waals surface area contributed by atoms with Crippen LogP contribution in [0, 0.1) is 0 Å². The van der Waals surface area contributed by atoms with Crippen molar-refractivity contribution in [3.8, 4) is 11.1 Å². The van der Waals surface area contributed by atoms with Crippen LogP contribution in [0.15, 0.2) is 59.3 Å². The number of rotatable bonds is 5. The lowest BCUT2D eigenvalue weighted by atomic mass is 9.85. The van der Waals surface area contributed by atoms with Crippen molar-refractivity contribution in [2.75, 3.05) is 7.11 Å². The van der Waals surface area contributed by atoms with Crippen molar-refractivity contribution in [3.05, 3.63) is 70.9 Å². The molecule has 5 nitrogen and oxygen atoms in total. The number of nitrogens with zero attached hydrogens (tertiary/aromatic N) is 2. The Morgan fingerprint density at radius 2 is 1.74 bits per heavy atom. The van der Waals surface area contributed by atoms with E-state index in [1.807, 2.05) is 57.2 Å². The van der Waals surface area contributed by atoms with Gasteiger partial charge in [-0.1, -0.05) is 69.7 Å². The fourth-order valence-corrected chi connectivity index (χ4v) is 3.77. The van der Waals surface area contributed by atoms with Crippen LogP contribution in [0.1, 0.15) is 57.7 Å². The third-order valence-corrected chi connectivity index (χ3v) is 4.96. The van der Waals surface area contributed by atoms with Gasteiger partial charge in [0.2, 0.25) is 0 Å². The summed E-state index contributed by atoms with van der Waals surface area (Å²) in [5, 5.41) is 16.9. The van der Waals surface area contributed by atoms with Gasteiger partial charge in [0.15, 0.2) is 11.5 Å². The number of methoxy groups -OCH3 is 1. The molecule has 0 spiro atoms. The quantitative estimate of drug-likeness (QED) is 0.448. The summed E-state index contributed by atoms with van der Waals surface area (Å²) in [6.07, 6.45) is 5.27. The lowest BCUT2D eigenvalue weighted by Gasteiger charge is -2.32. The van der Waals surface area contributed by atoms with Gasteiger partial charge in [-0.3, -0.25) is 0 Å². The Labute approximate surface area is 185 Å². The molecule has 0 fully saturated rings. The normalized spacial score (nSPS) is 14.4. The number of carbonyl (C=O) groups is 1. The maximum absolute atomic E-state index is 12.4. The van der Waals surface area contributed by atoms with Gasteiger partial charge in [0.05, 0.1) is 12.8 Å². The number of allylic oxidation sites excluding steroid dienone is 1. The zero-order valence-corrected chi connectivity index (χ0v) is 19.3. The van der Waals surface area contributed by atoms with E-state index in [4.69, 9.17) is 4.74 Å². The first-order chi connectivity index (χ1) is 15.1. The fraction of sp³-hybridized carbons (Fsp3) is 0.308. The van der Waals surface area contributed by atoms with E-state index in [1.165, 1.54) is 12.1 Å². The Morgan fingerprint density at radius 3 is 2.29 bits per heavy atom. The minimum Gasteiger partial charge on any atom is -0.505 e. The zero-order chi connectivity index (χ0) is 23.0. The highest BCUT2D eigenvalue weighted by Crippen LogP contribution is 2.43. The van der Waals surface area contributed by atoms with Gasteiger partial charge in [-0.05, 0) is 43.0 Å². The molecule has 164 valence electrons. The van der Waals surface area contributed by atoms with E-state index in [-0.39, 0.29) is 11.5 Å². The van der Waals surface area contributed by atoms with Crippen LogP contribution in [-0.4, -0.2) is 29.4 Å². The summed E-state index contributed by atoms with van der Waals surface area (Å²) in [6.45, 7) is 9.80. The van der Waals surface area contributed by atoms with Gasteiger partial charge in [-0.25, -0.2) is 9.80 Å². The monoisotopic (exact) mass is 420 g/mol. The summed E-state index contributed by atoms with van der Waals surface area (Å²) >= 11 is 0. The molecular weight excluding hydrogens is 388 g/mol. The van der Waals surface area contributed by atoms with Crippen molar-refractivity contribution in [1.82, 2.24) is 5.01 Å². The zero-order valence-electron chi connectivity index (χ0n) is 19.3. The maximum atomic E-state index is 12.4. The van der Waals surface area contributed by atoms with Gasteiger partial charge >= 0.3 is 5.97 Å². The van der Waals surface area contributed by atoms with E-state index in [1.54, 1.807) is 13.1 Å². The van der Waals surface area contributed by atoms with Crippen LogP contribution in [0.5, 0.6) is 0 Å². The van der Waals surface area contributed by atoms with Crippen molar-refractivity contribution in [2.45, 2.75) is 47.5 Å². The fourth-order valence-electron chi connectivity index (χ4n) is 3.77. The number of fused-ring (bicyclic) bond motifs is 1. The van der Waals surface area contributed by atoms with Crippen LogP contribution in [0.25, 0.3) is 22.6 Å². The van der Waals surface area contributed by atoms with E-state index in [9.17, 15) is 9.90 Å². The van der Waals surface area contributed by atoms with Gasteiger partial charge in [-0.2, -0.15) is 5.10 Å². The standard InChI is InChI=1S/C24H26N2O3.C2H6/c1-5-11-18-17(16-12-9-8-10-13-16)14-15-19-21(18)20(6-2)26(25-7-3)22(23(19)27)24(28)29-4;1-2/h6-10,12-15,27H,5,11H2,1-4H3;1-2H3/b20-6+,25-7-;. The molecular formula is C26H32N2O3. The average molecular weight is 421 g/mol. The molecule has 0 radical (unpaired) electrons. The third kappa shape index (κ3) is 4.55. The smallest absolute Gasteiger partial charge is 0.360 e. The molecule has 3 rings (SSSR count). The number of benzene rings is 2. The summed E-state index contributed by atoms with van der Waals surface area (Å²) < 4.78 is 4.92. The molecule has 1 aliphatic heterocycles.